The van der Waals surface area contributed by atoms with E-state index in [1.165, 1.54) is 4.90 Å². The van der Waals surface area contributed by atoms with E-state index >= 15 is 0 Å². The Morgan fingerprint density at radius 1 is 1.12 bits per heavy atom. The molecule has 43 heavy (non-hydrogen) atoms. The van der Waals surface area contributed by atoms with Gasteiger partial charge < -0.3 is 24.6 Å². The van der Waals surface area contributed by atoms with Crippen molar-refractivity contribution in [2.45, 2.75) is 26.3 Å². The molecule has 0 atom stereocenters. The molecule has 1 aliphatic heterocycles. The molecular formula is C32H34N6O5. The second-order valence-electron chi connectivity index (χ2n) is 11.0. The summed E-state index contributed by atoms with van der Waals surface area (Å²) in [5.74, 6) is 1.66. The van der Waals surface area contributed by atoms with Crippen LogP contribution in [0.1, 0.15) is 26.3 Å². The Hall–Kier alpha value is -4.92. The third-order valence-electron chi connectivity index (χ3n) is 6.88. The van der Waals surface area contributed by atoms with E-state index in [1.807, 2.05) is 45.0 Å². The number of nitriles is 1. The lowest BCUT2D eigenvalue weighted by Gasteiger charge is -2.34. The highest BCUT2D eigenvalue weighted by Crippen LogP contribution is 2.38. The number of carboxylic acid groups (broad SMARTS) is 1. The number of ether oxygens (including phenoxy) is 3. The van der Waals surface area contributed by atoms with Gasteiger partial charge in [0.05, 0.1) is 30.5 Å². The number of morpholine rings is 1. The molecule has 0 spiro atoms. The number of hydrogen-bond acceptors (Lipinski definition) is 9. The van der Waals surface area contributed by atoms with E-state index in [0.717, 1.165) is 43.6 Å². The zero-order chi connectivity index (χ0) is 30.4. The topological polar surface area (TPSA) is 133 Å². The summed E-state index contributed by atoms with van der Waals surface area (Å²) in [5.41, 5.74) is 0.952. The van der Waals surface area contributed by atoms with Gasteiger partial charge >= 0.3 is 6.09 Å². The number of nitrogens with one attached hydrogen (secondary N) is 1. The number of anilines is 3. The highest BCUT2D eigenvalue weighted by Gasteiger charge is 2.29. The van der Waals surface area contributed by atoms with Gasteiger partial charge in [0, 0.05) is 60.0 Å². The number of fused-ring (bicyclic) bond motifs is 1. The van der Waals surface area contributed by atoms with Crippen molar-refractivity contribution in [3.63, 3.8) is 0 Å². The van der Waals surface area contributed by atoms with Gasteiger partial charge in [0.15, 0.2) is 0 Å². The predicted molar refractivity (Wildman–Crippen MR) is 164 cm³/mol. The molecule has 0 aliphatic carbocycles. The van der Waals surface area contributed by atoms with Crippen LogP contribution in [-0.4, -0.2) is 71.1 Å². The minimum atomic E-state index is -1.04. The van der Waals surface area contributed by atoms with Gasteiger partial charge in [-0.1, -0.05) is 24.3 Å². The summed E-state index contributed by atoms with van der Waals surface area (Å²) in [6.07, 6.45) is 0.532. The lowest BCUT2D eigenvalue weighted by atomic mass is 10.0. The van der Waals surface area contributed by atoms with E-state index in [0.29, 0.717) is 40.9 Å². The molecule has 1 saturated heterocycles. The van der Waals surface area contributed by atoms with Crippen molar-refractivity contribution in [3.05, 3.63) is 72.4 Å². The van der Waals surface area contributed by atoms with E-state index in [-0.39, 0.29) is 5.95 Å². The Labute approximate surface area is 250 Å². The van der Waals surface area contributed by atoms with Crippen molar-refractivity contribution >= 4 is 34.2 Å². The van der Waals surface area contributed by atoms with Gasteiger partial charge in [0.1, 0.15) is 18.1 Å². The minimum absolute atomic E-state index is 0.276. The monoisotopic (exact) mass is 582 g/mol. The first kappa shape index (κ1) is 29.6. The summed E-state index contributed by atoms with van der Waals surface area (Å²) in [5, 5.41) is 24.1. The summed E-state index contributed by atoms with van der Waals surface area (Å²) >= 11 is 0. The molecule has 3 aromatic carbocycles. The maximum absolute atomic E-state index is 12.2. The number of rotatable bonds is 9. The van der Waals surface area contributed by atoms with Gasteiger partial charge in [0.2, 0.25) is 11.8 Å². The molecule has 11 nitrogen and oxygen atoms in total. The van der Waals surface area contributed by atoms with Crippen LogP contribution in [-0.2, 0) is 4.74 Å². The van der Waals surface area contributed by atoms with Crippen LogP contribution in [0.3, 0.4) is 0 Å². The molecule has 0 unspecified atom stereocenters. The van der Waals surface area contributed by atoms with Gasteiger partial charge in [0.25, 0.3) is 0 Å². The molecule has 0 bridgehead atoms. The Morgan fingerprint density at radius 2 is 1.88 bits per heavy atom. The van der Waals surface area contributed by atoms with E-state index in [9.17, 15) is 15.2 Å². The van der Waals surface area contributed by atoms with Gasteiger partial charge in [-0.25, -0.2) is 9.78 Å². The second kappa shape index (κ2) is 12.9. The van der Waals surface area contributed by atoms with E-state index < -0.39 is 11.6 Å². The molecule has 1 aromatic heterocycles. The Kier molecular flexibility index (Phi) is 8.90. The summed E-state index contributed by atoms with van der Waals surface area (Å²) in [4.78, 5) is 24.6. The van der Waals surface area contributed by atoms with Crippen molar-refractivity contribution in [3.8, 4) is 23.4 Å². The van der Waals surface area contributed by atoms with Crippen molar-refractivity contribution in [2.24, 2.45) is 0 Å². The fourth-order valence-electron chi connectivity index (χ4n) is 4.93. The third kappa shape index (κ3) is 7.30. The zero-order valence-electron chi connectivity index (χ0n) is 24.4. The van der Waals surface area contributed by atoms with Crippen molar-refractivity contribution < 1.29 is 24.1 Å². The number of benzene rings is 3. The number of amides is 1. The highest BCUT2D eigenvalue weighted by atomic mass is 16.5. The fraction of sp³-hybridized carbons (Fsp3) is 0.312. The van der Waals surface area contributed by atoms with Crippen LogP contribution >= 0.6 is 0 Å². The molecular weight excluding hydrogens is 548 g/mol. The predicted octanol–water partition coefficient (Wildman–Crippen LogP) is 6.03. The van der Waals surface area contributed by atoms with Gasteiger partial charge in [-0.15, -0.1) is 0 Å². The molecule has 0 saturated carbocycles. The average Bonchev–Trinajstić information content (AvgIpc) is 2.98. The van der Waals surface area contributed by atoms with Gasteiger partial charge in [-0.05, 0) is 45.0 Å². The molecule has 11 heteroatoms. The maximum Gasteiger partial charge on any atom is 0.412 e. The summed E-state index contributed by atoms with van der Waals surface area (Å²) in [7, 11) is 0. The quantitative estimate of drug-likeness (QED) is 0.241. The summed E-state index contributed by atoms with van der Waals surface area (Å²) < 4.78 is 17.5. The normalized spacial score (nSPS) is 13.7. The van der Waals surface area contributed by atoms with Crippen LogP contribution in [0.5, 0.6) is 17.4 Å². The summed E-state index contributed by atoms with van der Waals surface area (Å²) in [6.45, 7) is 10.0. The lowest BCUT2D eigenvalue weighted by molar-refractivity contribution is 0.0322. The van der Waals surface area contributed by atoms with Crippen LogP contribution < -0.4 is 19.7 Å². The second-order valence-corrected chi connectivity index (χ2v) is 11.0. The number of aromatic nitrogens is 2. The van der Waals surface area contributed by atoms with Crippen LogP contribution in [0.4, 0.5) is 22.1 Å². The first-order valence-corrected chi connectivity index (χ1v) is 14.0. The van der Waals surface area contributed by atoms with Crippen LogP contribution in [0, 0.1) is 11.3 Å². The Morgan fingerprint density at radius 3 is 2.60 bits per heavy atom. The molecule has 1 fully saturated rings. The van der Waals surface area contributed by atoms with Gasteiger partial charge in [-0.2, -0.15) is 10.2 Å². The van der Waals surface area contributed by atoms with Crippen LogP contribution in [0.15, 0.2) is 66.9 Å². The number of nitrogens with zero attached hydrogens (tertiary/aromatic N) is 5. The minimum Gasteiger partial charge on any atom is -0.492 e. The van der Waals surface area contributed by atoms with E-state index in [1.54, 1.807) is 42.6 Å². The molecule has 1 aliphatic rings. The van der Waals surface area contributed by atoms with Crippen molar-refractivity contribution in [2.75, 3.05) is 49.7 Å². The van der Waals surface area contributed by atoms with Gasteiger partial charge in [-0.3, -0.25) is 9.80 Å². The fourth-order valence-corrected chi connectivity index (χ4v) is 4.93. The van der Waals surface area contributed by atoms with Crippen LogP contribution in [0.2, 0.25) is 0 Å². The lowest BCUT2D eigenvalue weighted by Crippen LogP contribution is -2.45. The number of carbonyl (C=O) groups is 1. The van der Waals surface area contributed by atoms with Crippen LogP contribution in [0.25, 0.3) is 10.8 Å². The van der Waals surface area contributed by atoms with Crippen molar-refractivity contribution in [1.82, 2.24) is 14.9 Å². The smallest absolute Gasteiger partial charge is 0.412 e. The standard InChI is InChI=1S/C32H34N6O5/c1-32(2,3)38(31(39)40)27-8-9-28(26-7-5-4-6-25(26)27)43-29-10-11-34-30(36-29)35-23-18-22(21-33)19-24(20-23)42-17-14-37-12-15-41-16-13-37/h4-11,18-20H,12-17H2,1-3H3,(H,39,40)(H,34,35,36). The zero-order valence-corrected chi connectivity index (χ0v) is 24.4. The average molecular weight is 583 g/mol. The molecule has 0 radical (unpaired) electrons. The Balaban J connectivity index is 1.34. The molecule has 2 heterocycles. The van der Waals surface area contributed by atoms with Crippen molar-refractivity contribution in [1.29, 1.82) is 5.26 Å². The largest absolute Gasteiger partial charge is 0.492 e. The SMILES string of the molecule is CC(C)(C)N(C(=O)O)c1ccc(Oc2ccnc(Nc3cc(C#N)cc(OCCN4CCOCC4)c3)n2)c2ccccc12. The molecule has 4 aromatic rings. The molecule has 1 amide bonds. The Bertz CT molecular complexity index is 1640. The maximum atomic E-state index is 12.2. The third-order valence-corrected chi connectivity index (χ3v) is 6.88. The first-order chi connectivity index (χ1) is 20.7. The highest BCUT2D eigenvalue weighted by molar-refractivity contribution is 6.04. The number of hydrogen-bond donors (Lipinski definition) is 2. The molecule has 222 valence electrons. The molecule has 5 rings (SSSR count). The first-order valence-electron chi connectivity index (χ1n) is 14.0. The van der Waals surface area contributed by atoms with E-state index in [4.69, 9.17) is 14.2 Å². The molecule has 2 N–H and O–H groups in total. The van der Waals surface area contributed by atoms with E-state index in [2.05, 4.69) is 26.3 Å². The summed E-state index contributed by atoms with van der Waals surface area (Å²) in [6, 6.07) is 20.0.